The standard InChI is InChI=1S/C14H22F3NO3/c1-13(2,3)21-12(20)18-10-6-4-9(5-7-10)8-11(19)14(15,16)17/h9-10H,4-8H2,1-3H3,(H,18,20). The number of rotatable bonds is 3. The Hall–Kier alpha value is -1.27. The summed E-state index contributed by atoms with van der Waals surface area (Å²) in [5.74, 6) is -1.91. The molecule has 21 heavy (non-hydrogen) atoms. The van der Waals surface area contributed by atoms with Crippen molar-refractivity contribution in [1.29, 1.82) is 0 Å². The first kappa shape index (κ1) is 17.8. The zero-order valence-electron chi connectivity index (χ0n) is 12.5. The maximum atomic E-state index is 12.2. The number of nitrogens with one attached hydrogen (secondary N) is 1. The van der Waals surface area contributed by atoms with E-state index in [1.54, 1.807) is 20.8 Å². The summed E-state index contributed by atoms with van der Waals surface area (Å²) in [5.41, 5.74) is -0.583. The summed E-state index contributed by atoms with van der Waals surface area (Å²) in [6.45, 7) is 5.27. The molecular weight excluding hydrogens is 287 g/mol. The first-order valence-corrected chi connectivity index (χ1v) is 7.07. The lowest BCUT2D eigenvalue weighted by molar-refractivity contribution is -0.172. The van der Waals surface area contributed by atoms with Crippen LogP contribution in [0.1, 0.15) is 52.9 Å². The van der Waals surface area contributed by atoms with Crippen LogP contribution < -0.4 is 5.32 Å². The van der Waals surface area contributed by atoms with Crippen molar-refractivity contribution in [1.82, 2.24) is 5.32 Å². The number of Topliss-reactive ketones (excluding diaryl/α,β-unsaturated/α-hetero) is 1. The van der Waals surface area contributed by atoms with Gasteiger partial charge in [0.25, 0.3) is 0 Å². The highest BCUT2D eigenvalue weighted by atomic mass is 19.4. The highest BCUT2D eigenvalue weighted by Crippen LogP contribution is 2.30. The minimum atomic E-state index is -4.74. The minimum absolute atomic E-state index is 0.0999. The third kappa shape index (κ3) is 6.82. The van der Waals surface area contributed by atoms with Crippen molar-refractivity contribution < 1.29 is 27.5 Å². The predicted molar refractivity (Wildman–Crippen MR) is 70.8 cm³/mol. The Labute approximate surface area is 122 Å². The van der Waals surface area contributed by atoms with Crippen molar-refractivity contribution in [2.45, 2.75) is 70.7 Å². The van der Waals surface area contributed by atoms with E-state index in [-0.39, 0.29) is 12.0 Å². The number of ketones is 1. The summed E-state index contributed by atoms with van der Waals surface area (Å²) in [7, 11) is 0. The number of halogens is 3. The van der Waals surface area contributed by atoms with Crippen molar-refractivity contribution >= 4 is 11.9 Å². The van der Waals surface area contributed by atoms with E-state index < -0.39 is 30.1 Å². The zero-order valence-corrected chi connectivity index (χ0v) is 12.5. The Morgan fingerprint density at radius 3 is 2.05 bits per heavy atom. The molecule has 0 spiro atoms. The van der Waals surface area contributed by atoms with Gasteiger partial charge in [0.1, 0.15) is 5.60 Å². The minimum Gasteiger partial charge on any atom is -0.444 e. The number of amides is 1. The molecule has 0 aliphatic heterocycles. The lowest BCUT2D eigenvalue weighted by atomic mass is 9.83. The van der Waals surface area contributed by atoms with Gasteiger partial charge in [-0.3, -0.25) is 4.79 Å². The highest BCUT2D eigenvalue weighted by Gasteiger charge is 2.39. The zero-order chi connectivity index (χ0) is 16.3. The number of alkyl halides is 3. The molecule has 0 radical (unpaired) electrons. The van der Waals surface area contributed by atoms with Crippen molar-refractivity contribution in [3.63, 3.8) is 0 Å². The van der Waals surface area contributed by atoms with E-state index in [0.29, 0.717) is 25.7 Å². The molecule has 0 aromatic rings. The normalized spacial score (nSPS) is 23.5. The molecule has 1 fully saturated rings. The lowest BCUT2D eigenvalue weighted by Gasteiger charge is -2.29. The molecule has 0 atom stereocenters. The lowest BCUT2D eigenvalue weighted by Crippen LogP contribution is -2.41. The molecular formula is C14H22F3NO3. The first-order valence-electron chi connectivity index (χ1n) is 7.07. The van der Waals surface area contributed by atoms with Gasteiger partial charge in [0.15, 0.2) is 0 Å². The van der Waals surface area contributed by atoms with E-state index in [9.17, 15) is 22.8 Å². The molecule has 1 aliphatic rings. The monoisotopic (exact) mass is 309 g/mol. The van der Waals surface area contributed by atoms with Crippen molar-refractivity contribution in [2.24, 2.45) is 5.92 Å². The molecule has 4 nitrogen and oxygen atoms in total. The molecule has 0 aromatic carbocycles. The number of hydrogen-bond donors (Lipinski definition) is 1. The molecule has 1 aliphatic carbocycles. The second-order valence-corrected chi connectivity index (χ2v) is 6.49. The quantitative estimate of drug-likeness (QED) is 0.866. The summed E-state index contributed by atoms with van der Waals surface area (Å²) >= 11 is 0. The summed E-state index contributed by atoms with van der Waals surface area (Å²) in [5, 5.41) is 2.71. The molecule has 0 unspecified atom stereocenters. The average molecular weight is 309 g/mol. The maximum Gasteiger partial charge on any atom is 0.449 e. The molecule has 0 aromatic heterocycles. The fourth-order valence-corrected chi connectivity index (χ4v) is 2.36. The number of carbonyl (C=O) groups is 2. The molecule has 7 heteroatoms. The van der Waals surface area contributed by atoms with Gasteiger partial charge in [-0.1, -0.05) is 0 Å². The SMILES string of the molecule is CC(C)(C)OC(=O)NC1CCC(CC(=O)C(F)(F)F)CC1. The summed E-state index contributed by atoms with van der Waals surface area (Å²) in [4.78, 5) is 22.5. The van der Waals surface area contributed by atoms with Gasteiger partial charge in [0.2, 0.25) is 5.78 Å². The third-order valence-electron chi connectivity index (χ3n) is 3.36. The first-order chi connectivity index (χ1) is 9.47. The van der Waals surface area contributed by atoms with Crippen LogP contribution in [0.25, 0.3) is 0 Å². The van der Waals surface area contributed by atoms with E-state index in [4.69, 9.17) is 4.74 Å². The summed E-state index contributed by atoms with van der Waals surface area (Å²) < 4.78 is 41.7. The Kier molecular flexibility index (Phi) is 5.64. The Morgan fingerprint density at radius 1 is 1.10 bits per heavy atom. The smallest absolute Gasteiger partial charge is 0.444 e. The molecule has 1 amide bonds. The predicted octanol–water partition coefficient (Wildman–Crippen LogP) is 3.59. The van der Waals surface area contributed by atoms with Gasteiger partial charge < -0.3 is 10.1 Å². The fraction of sp³-hybridized carbons (Fsp3) is 0.857. The van der Waals surface area contributed by atoms with Crippen molar-refractivity contribution in [3.05, 3.63) is 0 Å². The Balaban J connectivity index is 2.33. The fourth-order valence-electron chi connectivity index (χ4n) is 2.36. The second-order valence-electron chi connectivity index (χ2n) is 6.49. The van der Waals surface area contributed by atoms with Crippen LogP contribution >= 0.6 is 0 Å². The van der Waals surface area contributed by atoms with Crippen LogP contribution in [-0.4, -0.2) is 29.7 Å². The number of hydrogen-bond acceptors (Lipinski definition) is 3. The van der Waals surface area contributed by atoms with E-state index in [1.807, 2.05) is 0 Å². The van der Waals surface area contributed by atoms with Crippen LogP contribution in [0.4, 0.5) is 18.0 Å². The van der Waals surface area contributed by atoms with Crippen molar-refractivity contribution in [3.8, 4) is 0 Å². The Bertz CT molecular complexity index is 380. The van der Waals surface area contributed by atoms with Crippen LogP contribution in [0.5, 0.6) is 0 Å². The van der Waals surface area contributed by atoms with Gasteiger partial charge in [0, 0.05) is 12.5 Å². The average Bonchev–Trinajstić information content (AvgIpc) is 2.27. The van der Waals surface area contributed by atoms with Gasteiger partial charge in [-0.05, 0) is 52.4 Å². The second kappa shape index (κ2) is 6.66. The van der Waals surface area contributed by atoms with Gasteiger partial charge in [-0.25, -0.2) is 4.79 Å². The van der Waals surface area contributed by atoms with Crippen LogP contribution in [0, 0.1) is 5.92 Å². The largest absolute Gasteiger partial charge is 0.449 e. The van der Waals surface area contributed by atoms with Crippen LogP contribution in [0.15, 0.2) is 0 Å². The number of carbonyl (C=O) groups excluding carboxylic acids is 2. The molecule has 1 saturated carbocycles. The van der Waals surface area contributed by atoms with Crippen LogP contribution in [0.3, 0.4) is 0 Å². The summed E-state index contributed by atoms with van der Waals surface area (Å²) in [6, 6.07) is -0.0999. The molecule has 0 saturated heterocycles. The van der Waals surface area contributed by atoms with Crippen LogP contribution in [0.2, 0.25) is 0 Å². The molecule has 0 bridgehead atoms. The van der Waals surface area contributed by atoms with E-state index >= 15 is 0 Å². The maximum absolute atomic E-state index is 12.2. The Morgan fingerprint density at radius 2 is 1.62 bits per heavy atom. The van der Waals surface area contributed by atoms with E-state index in [0.717, 1.165) is 0 Å². The number of alkyl carbamates (subject to hydrolysis) is 1. The van der Waals surface area contributed by atoms with Gasteiger partial charge in [0.05, 0.1) is 0 Å². The molecule has 1 rings (SSSR count). The molecule has 122 valence electrons. The van der Waals surface area contributed by atoms with Gasteiger partial charge in [-0.2, -0.15) is 13.2 Å². The topological polar surface area (TPSA) is 55.4 Å². The highest BCUT2D eigenvalue weighted by molar-refractivity contribution is 5.84. The summed E-state index contributed by atoms with van der Waals surface area (Å²) in [6.07, 6.45) is -3.58. The number of ether oxygens (including phenoxy) is 1. The van der Waals surface area contributed by atoms with Crippen LogP contribution in [-0.2, 0) is 9.53 Å². The molecule has 0 heterocycles. The van der Waals surface area contributed by atoms with Crippen molar-refractivity contribution in [2.75, 3.05) is 0 Å². The van der Waals surface area contributed by atoms with Gasteiger partial charge in [-0.15, -0.1) is 0 Å². The third-order valence-corrected chi connectivity index (χ3v) is 3.36. The van der Waals surface area contributed by atoms with E-state index in [2.05, 4.69) is 5.32 Å². The molecule has 1 N–H and O–H groups in total. The van der Waals surface area contributed by atoms with E-state index in [1.165, 1.54) is 0 Å². The van der Waals surface area contributed by atoms with Gasteiger partial charge >= 0.3 is 12.3 Å².